The van der Waals surface area contributed by atoms with E-state index in [1.807, 2.05) is 6.92 Å². The van der Waals surface area contributed by atoms with Crippen molar-refractivity contribution in [1.29, 1.82) is 0 Å². The first-order valence-electron chi connectivity index (χ1n) is 7.70. The molecule has 0 radical (unpaired) electrons. The van der Waals surface area contributed by atoms with Crippen LogP contribution < -0.4 is 9.80 Å². The number of hydrogen-bond donors (Lipinski definition) is 0. The second-order valence-corrected chi connectivity index (χ2v) is 7.09. The van der Waals surface area contributed by atoms with Gasteiger partial charge in [-0.25, -0.2) is 15.0 Å². The third-order valence-corrected chi connectivity index (χ3v) is 5.75. The summed E-state index contributed by atoms with van der Waals surface area (Å²) in [5, 5.41) is 1.08. The molecule has 7 heteroatoms. The Morgan fingerprint density at radius 3 is 2.32 bits per heavy atom. The summed E-state index contributed by atoms with van der Waals surface area (Å²) in [6.07, 6.45) is 1.68. The van der Waals surface area contributed by atoms with Gasteiger partial charge >= 0.3 is 0 Å². The van der Waals surface area contributed by atoms with Gasteiger partial charge in [0.05, 0.1) is 0 Å². The van der Waals surface area contributed by atoms with Gasteiger partial charge in [-0.2, -0.15) is 4.37 Å². The monoisotopic (exact) mass is 316 g/mol. The van der Waals surface area contributed by atoms with Gasteiger partial charge in [0.2, 0.25) is 5.13 Å². The summed E-state index contributed by atoms with van der Waals surface area (Å²) in [6.45, 7) is 10.5. The van der Waals surface area contributed by atoms with Gasteiger partial charge in [-0.3, -0.25) is 0 Å². The maximum absolute atomic E-state index is 4.52. The molecule has 2 aromatic rings. The Morgan fingerprint density at radius 2 is 1.68 bits per heavy atom. The number of aryl methyl sites for hydroxylation is 2. The Kier molecular flexibility index (Phi) is 3.25. The molecule has 2 aliphatic heterocycles. The molecule has 2 fully saturated rings. The molecule has 2 saturated heterocycles. The lowest BCUT2D eigenvalue weighted by Crippen LogP contribution is -2.29. The van der Waals surface area contributed by atoms with Gasteiger partial charge in [0.25, 0.3) is 0 Å². The number of hydrogen-bond acceptors (Lipinski definition) is 7. The lowest BCUT2D eigenvalue weighted by molar-refractivity contribution is 0.533. The molecule has 116 valence electrons. The highest BCUT2D eigenvalue weighted by molar-refractivity contribution is 7.09. The Labute approximate surface area is 134 Å². The molecule has 2 unspecified atom stereocenters. The van der Waals surface area contributed by atoms with E-state index in [0.717, 1.165) is 48.6 Å². The predicted octanol–water partition coefficient (Wildman–Crippen LogP) is 1.83. The van der Waals surface area contributed by atoms with Crippen molar-refractivity contribution in [3.8, 4) is 0 Å². The Morgan fingerprint density at radius 1 is 1.00 bits per heavy atom. The van der Waals surface area contributed by atoms with E-state index in [1.165, 1.54) is 17.1 Å². The topological polar surface area (TPSA) is 58.0 Å². The normalized spacial score (nSPS) is 24.1. The molecule has 0 aliphatic carbocycles. The third kappa shape index (κ3) is 2.24. The number of aromatic nitrogens is 4. The quantitative estimate of drug-likeness (QED) is 0.842. The van der Waals surface area contributed by atoms with Gasteiger partial charge in [0.15, 0.2) is 0 Å². The molecule has 0 spiro atoms. The summed E-state index contributed by atoms with van der Waals surface area (Å²) in [7, 11) is 0. The molecule has 0 amide bonds. The average molecular weight is 316 g/mol. The first-order valence-corrected chi connectivity index (χ1v) is 8.47. The van der Waals surface area contributed by atoms with E-state index in [-0.39, 0.29) is 0 Å². The summed E-state index contributed by atoms with van der Waals surface area (Å²) < 4.78 is 4.30. The SMILES string of the molecule is Cc1nsc(N2CC3CN(c4ncnc(C)c4C)CC3C2)n1. The molecule has 4 heterocycles. The third-order valence-electron chi connectivity index (χ3n) is 4.88. The van der Waals surface area contributed by atoms with Crippen molar-refractivity contribution >= 4 is 22.5 Å². The van der Waals surface area contributed by atoms with Crippen LogP contribution >= 0.6 is 11.5 Å². The van der Waals surface area contributed by atoms with Crippen LogP contribution in [-0.2, 0) is 0 Å². The van der Waals surface area contributed by atoms with E-state index >= 15 is 0 Å². The van der Waals surface area contributed by atoms with Crippen LogP contribution in [0.25, 0.3) is 0 Å². The van der Waals surface area contributed by atoms with Crippen LogP contribution in [0.2, 0.25) is 0 Å². The van der Waals surface area contributed by atoms with Gasteiger partial charge in [-0.1, -0.05) is 0 Å². The van der Waals surface area contributed by atoms with Crippen molar-refractivity contribution in [3.63, 3.8) is 0 Å². The second kappa shape index (κ2) is 5.15. The van der Waals surface area contributed by atoms with Crippen molar-refractivity contribution < 1.29 is 0 Å². The highest BCUT2D eigenvalue weighted by atomic mass is 32.1. The summed E-state index contributed by atoms with van der Waals surface area (Å²) in [6, 6.07) is 0. The van der Waals surface area contributed by atoms with Crippen LogP contribution in [-0.4, -0.2) is 45.5 Å². The zero-order chi connectivity index (χ0) is 15.3. The van der Waals surface area contributed by atoms with Crippen LogP contribution in [0.1, 0.15) is 17.1 Å². The van der Waals surface area contributed by atoms with Gasteiger partial charge in [0.1, 0.15) is 18.0 Å². The van der Waals surface area contributed by atoms with Crippen LogP contribution in [0.15, 0.2) is 6.33 Å². The van der Waals surface area contributed by atoms with E-state index in [2.05, 4.69) is 43.0 Å². The largest absolute Gasteiger partial charge is 0.356 e. The highest BCUT2D eigenvalue weighted by Gasteiger charge is 2.41. The fourth-order valence-corrected chi connectivity index (χ4v) is 4.27. The maximum atomic E-state index is 4.52. The minimum Gasteiger partial charge on any atom is -0.356 e. The predicted molar refractivity (Wildman–Crippen MR) is 87.6 cm³/mol. The summed E-state index contributed by atoms with van der Waals surface area (Å²) in [4.78, 5) is 18.1. The van der Waals surface area contributed by atoms with Crippen LogP contribution in [0, 0.1) is 32.6 Å². The zero-order valence-electron chi connectivity index (χ0n) is 13.2. The van der Waals surface area contributed by atoms with Crippen molar-refractivity contribution in [2.75, 3.05) is 36.0 Å². The second-order valence-electron chi connectivity index (χ2n) is 6.36. The molecule has 0 aromatic carbocycles. The van der Waals surface area contributed by atoms with E-state index in [1.54, 1.807) is 6.33 Å². The summed E-state index contributed by atoms with van der Waals surface area (Å²) in [5.74, 6) is 3.38. The minimum absolute atomic E-state index is 0.693. The van der Waals surface area contributed by atoms with E-state index in [4.69, 9.17) is 0 Å². The minimum atomic E-state index is 0.693. The summed E-state index contributed by atoms with van der Waals surface area (Å²) >= 11 is 1.52. The average Bonchev–Trinajstić information content (AvgIpc) is 3.15. The molecule has 4 rings (SSSR count). The zero-order valence-corrected chi connectivity index (χ0v) is 14.0. The number of nitrogens with zero attached hydrogens (tertiary/aromatic N) is 6. The molecule has 2 aliphatic rings. The molecular weight excluding hydrogens is 296 g/mol. The van der Waals surface area contributed by atoms with Crippen molar-refractivity contribution in [2.45, 2.75) is 20.8 Å². The van der Waals surface area contributed by atoms with Crippen molar-refractivity contribution in [1.82, 2.24) is 19.3 Å². The summed E-state index contributed by atoms with van der Waals surface area (Å²) in [5.41, 5.74) is 2.28. The number of anilines is 2. The lowest BCUT2D eigenvalue weighted by atomic mass is 10.0. The van der Waals surface area contributed by atoms with Crippen LogP contribution in [0.5, 0.6) is 0 Å². The molecule has 2 aromatic heterocycles. The molecule has 22 heavy (non-hydrogen) atoms. The fraction of sp³-hybridized carbons (Fsp3) is 0.600. The van der Waals surface area contributed by atoms with Crippen LogP contribution in [0.3, 0.4) is 0 Å². The van der Waals surface area contributed by atoms with Gasteiger partial charge in [-0.15, -0.1) is 0 Å². The van der Waals surface area contributed by atoms with Crippen molar-refractivity contribution in [3.05, 3.63) is 23.4 Å². The first-order chi connectivity index (χ1) is 10.6. The van der Waals surface area contributed by atoms with E-state index < -0.39 is 0 Å². The lowest BCUT2D eigenvalue weighted by Gasteiger charge is -2.23. The Bertz CT molecular complexity index is 685. The smallest absolute Gasteiger partial charge is 0.205 e. The maximum Gasteiger partial charge on any atom is 0.205 e. The number of fused-ring (bicyclic) bond motifs is 1. The molecule has 0 saturated carbocycles. The van der Waals surface area contributed by atoms with Gasteiger partial charge < -0.3 is 9.80 Å². The first kappa shape index (κ1) is 13.9. The number of rotatable bonds is 2. The highest BCUT2D eigenvalue weighted by Crippen LogP contribution is 2.36. The molecule has 0 bridgehead atoms. The Hall–Kier alpha value is -1.76. The van der Waals surface area contributed by atoms with Crippen molar-refractivity contribution in [2.24, 2.45) is 11.8 Å². The molecular formula is C15H20N6S. The Balaban J connectivity index is 1.49. The molecule has 2 atom stereocenters. The molecule has 0 N–H and O–H groups in total. The van der Waals surface area contributed by atoms with Gasteiger partial charge in [-0.05, 0) is 20.8 Å². The van der Waals surface area contributed by atoms with E-state index in [9.17, 15) is 0 Å². The van der Waals surface area contributed by atoms with Gasteiger partial charge in [0, 0.05) is 60.8 Å². The molecule has 6 nitrogen and oxygen atoms in total. The fourth-order valence-electron chi connectivity index (χ4n) is 3.58. The standard InChI is InChI=1S/C15H20N6S/c1-9-10(2)16-8-17-14(9)20-4-12-6-21(7-13(12)5-20)15-18-11(3)19-22-15/h8,12-13H,4-7H2,1-3H3. The van der Waals surface area contributed by atoms with Crippen LogP contribution in [0.4, 0.5) is 10.9 Å². The van der Waals surface area contributed by atoms with E-state index in [0.29, 0.717) is 11.8 Å².